The van der Waals surface area contributed by atoms with Crippen molar-refractivity contribution >= 4 is 0 Å². The Balaban J connectivity index is 1.41. The van der Waals surface area contributed by atoms with E-state index in [0.29, 0.717) is 0 Å². The number of aryl methyl sites for hydroxylation is 1. The summed E-state index contributed by atoms with van der Waals surface area (Å²) in [6.45, 7) is 9.11. The molecule has 3 nitrogen and oxygen atoms in total. The Morgan fingerprint density at radius 3 is 2.55 bits per heavy atom. The van der Waals surface area contributed by atoms with Crippen LogP contribution in [-0.4, -0.2) is 55.2 Å². The summed E-state index contributed by atoms with van der Waals surface area (Å²) in [5.41, 5.74) is 1.29. The van der Waals surface area contributed by atoms with Gasteiger partial charge in [-0.25, -0.2) is 0 Å². The van der Waals surface area contributed by atoms with Gasteiger partial charge in [-0.05, 0) is 64.4 Å². The van der Waals surface area contributed by atoms with Crippen molar-refractivity contribution in [2.75, 3.05) is 39.3 Å². The molecule has 122 valence electrons. The van der Waals surface area contributed by atoms with Gasteiger partial charge in [-0.15, -0.1) is 0 Å². The Kier molecular flexibility index (Phi) is 5.74. The zero-order valence-corrected chi connectivity index (χ0v) is 14.0. The molecular formula is C19H30N2O. The standard InChI is InChI=1S/C19H30N2O/c1-17-7-9-19(10-8-17)22-15-14-21-13-5-6-18(21)16-20-11-3-2-4-12-20/h7-10,18H,2-6,11-16H2,1H3. The quantitative estimate of drug-likeness (QED) is 0.802. The highest BCUT2D eigenvalue weighted by molar-refractivity contribution is 5.26. The number of ether oxygens (including phenoxy) is 1. The highest BCUT2D eigenvalue weighted by atomic mass is 16.5. The molecule has 0 N–H and O–H groups in total. The van der Waals surface area contributed by atoms with E-state index in [-0.39, 0.29) is 0 Å². The number of piperidine rings is 1. The van der Waals surface area contributed by atoms with Gasteiger partial charge in [0.05, 0.1) is 0 Å². The van der Waals surface area contributed by atoms with E-state index in [1.165, 1.54) is 63.8 Å². The van der Waals surface area contributed by atoms with Crippen molar-refractivity contribution in [2.24, 2.45) is 0 Å². The summed E-state index contributed by atoms with van der Waals surface area (Å²) in [5.74, 6) is 0.998. The molecule has 0 spiro atoms. The van der Waals surface area contributed by atoms with E-state index in [1.807, 2.05) is 0 Å². The Morgan fingerprint density at radius 2 is 1.77 bits per heavy atom. The van der Waals surface area contributed by atoms with Gasteiger partial charge >= 0.3 is 0 Å². The fourth-order valence-electron chi connectivity index (χ4n) is 3.75. The normalized spacial score (nSPS) is 23.8. The second kappa shape index (κ2) is 7.98. The molecule has 2 fully saturated rings. The van der Waals surface area contributed by atoms with Gasteiger partial charge in [0.2, 0.25) is 0 Å². The van der Waals surface area contributed by atoms with E-state index in [9.17, 15) is 0 Å². The number of rotatable bonds is 6. The van der Waals surface area contributed by atoms with Crippen molar-refractivity contribution in [2.45, 2.75) is 45.1 Å². The number of likely N-dealkylation sites (tertiary alicyclic amines) is 2. The lowest BCUT2D eigenvalue weighted by molar-refractivity contribution is 0.138. The maximum Gasteiger partial charge on any atom is 0.119 e. The largest absolute Gasteiger partial charge is 0.492 e. The minimum absolute atomic E-state index is 0.750. The first-order valence-corrected chi connectivity index (χ1v) is 8.97. The molecule has 0 radical (unpaired) electrons. The van der Waals surface area contributed by atoms with Crippen LogP contribution in [0.25, 0.3) is 0 Å². The summed E-state index contributed by atoms with van der Waals surface area (Å²) in [4.78, 5) is 5.32. The van der Waals surface area contributed by atoms with Crippen LogP contribution in [0, 0.1) is 6.92 Å². The lowest BCUT2D eigenvalue weighted by Crippen LogP contribution is -2.43. The first-order valence-electron chi connectivity index (χ1n) is 8.97. The van der Waals surface area contributed by atoms with E-state index >= 15 is 0 Å². The third-order valence-electron chi connectivity index (χ3n) is 5.08. The lowest BCUT2D eigenvalue weighted by Gasteiger charge is -2.32. The van der Waals surface area contributed by atoms with Crippen LogP contribution in [0.5, 0.6) is 5.75 Å². The van der Waals surface area contributed by atoms with Crippen LogP contribution in [0.1, 0.15) is 37.7 Å². The van der Waals surface area contributed by atoms with Crippen LogP contribution in [0.3, 0.4) is 0 Å². The molecule has 2 saturated heterocycles. The Morgan fingerprint density at radius 1 is 1.00 bits per heavy atom. The summed E-state index contributed by atoms with van der Waals surface area (Å²) >= 11 is 0. The minimum Gasteiger partial charge on any atom is -0.492 e. The first kappa shape index (κ1) is 15.8. The fraction of sp³-hybridized carbons (Fsp3) is 0.684. The summed E-state index contributed by atoms with van der Waals surface area (Å²) in [5, 5.41) is 0. The van der Waals surface area contributed by atoms with Crippen LogP contribution in [0.15, 0.2) is 24.3 Å². The van der Waals surface area contributed by atoms with Crippen LogP contribution >= 0.6 is 0 Å². The van der Waals surface area contributed by atoms with E-state index < -0.39 is 0 Å². The summed E-state index contributed by atoms with van der Waals surface area (Å²) in [7, 11) is 0. The van der Waals surface area contributed by atoms with E-state index in [0.717, 1.165) is 24.9 Å². The van der Waals surface area contributed by atoms with Crippen molar-refractivity contribution in [3.05, 3.63) is 29.8 Å². The molecule has 1 aromatic rings. The molecular weight excluding hydrogens is 272 g/mol. The Bertz CT molecular complexity index is 439. The molecule has 2 heterocycles. The molecule has 0 amide bonds. The van der Waals surface area contributed by atoms with Crippen LogP contribution < -0.4 is 4.74 Å². The summed E-state index contributed by atoms with van der Waals surface area (Å²) in [6, 6.07) is 9.13. The fourth-order valence-corrected chi connectivity index (χ4v) is 3.75. The van der Waals surface area contributed by atoms with Crippen molar-refractivity contribution in [1.29, 1.82) is 0 Å². The molecule has 1 unspecified atom stereocenters. The number of nitrogens with zero attached hydrogens (tertiary/aromatic N) is 2. The average molecular weight is 302 g/mol. The molecule has 2 aliphatic heterocycles. The van der Waals surface area contributed by atoms with Crippen molar-refractivity contribution in [1.82, 2.24) is 9.80 Å². The van der Waals surface area contributed by atoms with Crippen LogP contribution in [-0.2, 0) is 0 Å². The van der Waals surface area contributed by atoms with Gasteiger partial charge < -0.3 is 9.64 Å². The smallest absolute Gasteiger partial charge is 0.119 e. The number of benzene rings is 1. The highest BCUT2D eigenvalue weighted by Gasteiger charge is 2.26. The van der Waals surface area contributed by atoms with Gasteiger partial charge in [0.25, 0.3) is 0 Å². The minimum atomic E-state index is 0.750. The van der Waals surface area contributed by atoms with E-state index in [4.69, 9.17) is 4.74 Å². The molecule has 0 aliphatic carbocycles. The molecule has 0 saturated carbocycles. The number of hydrogen-bond acceptors (Lipinski definition) is 3. The Hall–Kier alpha value is -1.06. The molecule has 22 heavy (non-hydrogen) atoms. The topological polar surface area (TPSA) is 15.7 Å². The van der Waals surface area contributed by atoms with Crippen LogP contribution in [0.2, 0.25) is 0 Å². The highest BCUT2D eigenvalue weighted by Crippen LogP contribution is 2.20. The molecule has 3 rings (SSSR count). The van der Waals surface area contributed by atoms with Gasteiger partial charge in [0, 0.05) is 19.1 Å². The van der Waals surface area contributed by atoms with Gasteiger partial charge in [-0.2, -0.15) is 0 Å². The lowest BCUT2D eigenvalue weighted by atomic mass is 10.1. The van der Waals surface area contributed by atoms with E-state index in [1.54, 1.807) is 0 Å². The third kappa shape index (κ3) is 4.47. The third-order valence-corrected chi connectivity index (χ3v) is 5.08. The summed E-state index contributed by atoms with van der Waals surface area (Å²) < 4.78 is 5.91. The van der Waals surface area contributed by atoms with Crippen LogP contribution in [0.4, 0.5) is 0 Å². The first-order chi connectivity index (χ1) is 10.8. The van der Waals surface area contributed by atoms with Gasteiger partial charge in [0.1, 0.15) is 12.4 Å². The Labute approximate surface area is 135 Å². The van der Waals surface area contributed by atoms with Gasteiger partial charge in [-0.1, -0.05) is 24.1 Å². The predicted molar refractivity (Wildman–Crippen MR) is 91.6 cm³/mol. The molecule has 2 aliphatic rings. The zero-order chi connectivity index (χ0) is 15.2. The van der Waals surface area contributed by atoms with E-state index in [2.05, 4.69) is 41.0 Å². The monoisotopic (exact) mass is 302 g/mol. The molecule has 1 atom stereocenters. The van der Waals surface area contributed by atoms with Gasteiger partial charge in [0.15, 0.2) is 0 Å². The second-order valence-corrected chi connectivity index (χ2v) is 6.85. The van der Waals surface area contributed by atoms with Crippen molar-refractivity contribution in [3.8, 4) is 5.75 Å². The molecule has 1 aromatic carbocycles. The number of hydrogen-bond donors (Lipinski definition) is 0. The van der Waals surface area contributed by atoms with Crippen molar-refractivity contribution in [3.63, 3.8) is 0 Å². The van der Waals surface area contributed by atoms with Crippen molar-refractivity contribution < 1.29 is 4.74 Å². The average Bonchev–Trinajstić information content (AvgIpc) is 2.98. The maximum absolute atomic E-state index is 5.91. The molecule has 0 bridgehead atoms. The zero-order valence-electron chi connectivity index (χ0n) is 14.0. The maximum atomic E-state index is 5.91. The second-order valence-electron chi connectivity index (χ2n) is 6.85. The van der Waals surface area contributed by atoms with Gasteiger partial charge in [-0.3, -0.25) is 4.90 Å². The SMILES string of the molecule is Cc1ccc(OCCN2CCCC2CN2CCCCC2)cc1. The molecule has 0 aromatic heterocycles. The predicted octanol–water partition coefficient (Wildman–Crippen LogP) is 3.32. The molecule has 3 heteroatoms. The summed E-state index contributed by atoms with van der Waals surface area (Å²) in [6.07, 6.45) is 6.92.